The molecule has 56 heavy (non-hydrogen) atoms. The fraction of sp³-hybridized carbons (Fsp3) is 0.475. The van der Waals surface area contributed by atoms with Gasteiger partial charge in [-0.25, -0.2) is 9.59 Å². The molecular weight excluding hydrogens is 767 g/mol. The molecule has 4 unspecified atom stereocenters. The summed E-state index contributed by atoms with van der Waals surface area (Å²) in [7, 11) is 1.52. The SMILES string of the molecule is COc1ccc2cc(CC(=O)OCCCC3CCC(=O)C(SC)C3=O)c(=O)oc2c1.CSC1C(=O)CCC(CCCOC(=O)c2ccccc2CN)C1=O.O.O. The van der Waals surface area contributed by atoms with E-state index in [0.29, 0.717) is 73.6 Å². The summed E-state index contributed by atoms with van der Waals surface area (Å²) in [6.45, 7) is 0.710. The monoisotopic (exact) mass is 817 g/mol. The minimum atomic E-state index is -0.590. The molecule has 5 rings (SSSR count). The number of hydrogen-bond acceptors (Lipinski definition) is 14. The Morgan fingerprint density at radius 2 is 1.36 bits per heavy atom. The molecule has 2 aromatic carbocycles. The van der Waals surface area contributed by atoms with Crippen molar-refractivity contribution in [2.24, 2.45) is 17.6 Å². The Morgan fingerprint density at radius 1 is 0.786 bits per heavy atom. The number of ketones is 4. The topological polar surface area (TPSA) is 249 Å². The first kappa shape index (κ1) is 47.8. The second-order valence-electron chi connectivity index (χ2n) is 13.1. The number of Topliss-reactive ketones (excluding diaryl/α,β-unsaturated/α-hetero) is 4. The van der Waals surface area contributed by atoms with Crippen molar-refractivity contribution < 1.29 is 58.3 Å². The summed E-state index contributed by atoms with van der Waals surface area (Å²) in [5.74, 6) is -0.558. The quantitative estimate of drug-likeness (QED) is 0.0995. The Labute approximate surface area is 333 Å². The van der Waals surface area contributed by atoms with Gasteiger partial charge in [-0.3, -0.25) is 24.0 Å². The molecule has 0 saturated heterocycles. The number of rotatable bonds is 15. The van der Waals surface area contributed by atoms with Crippen molar-refractivity contribution in [1.82, 2.24) is 0 Å². The lowest BCUT2D eigenvalue weighted by atomic mass is 9.84. The van der Waals surface area contributed by atoms with Gasteiger partial charge >= 0.3 is 17.6 Å². The summed E-state index contributed by atoms with van der Waals surface area (Å²) >= 11 is 2.60. The van der Waals surface area contributed by atoms with E-state index in [1.807, 2.05) is 6.07 Å². The lowest BCUT2D eigenvalue weighted by molar-refractivity contribution is -0.143. The average Bonchev–Trinajstić information content (AvgIpc) is 3.17. The Kier molecular flexibility index (Phi) is 20.2. The molecule has 2 aliphatic carbocycles. The maximum Gasteiger partial charge on any atom is 0.340 e. The number of carbonyl (C=O) groups excluding carboxylic acids is 6. The molecule has 2 saturated carbocycles. The number of ether oxygens (including phenoxy) is 3. The summed E-state index contributed by atoms with van der Waals surface area (Å²) in [6, 6.07) is 13.8. The maximum absolute atomic E-state index is 12.3. The molecule has 1 aromatic heterocycles. The first-order chi connectivity index (χ1) is 26.0. The van der Waals surface area contributed by atoms with Crippen LogP contribution in [0.4, 0.5) is 0 Å². The number of carbonyl (C=O) groups is 6. The maximum atomic E-state index is 12.3. The van der Waals surface area contributed by atoms with Gasteiger partial charge in [-0.2, -0.15) is 0 Å². The van der Waals surface area contributed by atoms with E-state index >= 15 is 0 Å². The Hall–Kier alpha value is -4.35. The number of benzene rings is 2. The zero-order valence-electron chi connectivity index (χ0n) is 31.8. The molecule has 2 fully saturated rings. The highest BCUT2D eigenvalue weighted by Crippen LogP contribution is 2.30. The predicted molar refractivity (Wildman–Crippen MR) is 214 cm³/mol. The van der Waals surface area contributed by atoms with Gasteiger partial charge in [0.1, 0.15) is 21.8 Å². The number of methoxy groups -OCH3 is 1. The van der Waals surface area contributed by atoms with Crippen LogP contribution in [0.15, 0.2) is 57.7 Å². The number of nitrogens with two attached hydrogens (primary N) is 1. The lowest BCUT2D eigenvalue weighted by Gasteiger charge is -2.25. The standard InChI is InChI=1S/C22H24O7S.C18H23NO4S.2H2O/c1-27-16-7-5-14-10-15(22(26)29-18(14)12-16)11-19(24)28-9-3-4-13-6-8-17(23)21(30-2)20(13)25;1-24-17-15(20)9-8-12(16(17)21)6-4-10-23-18(22)14-7-3-2-5-13(14)11-19;;/h5,7,10,12-13,21H,3-4,6,8-9,11H2,1-2H3;2-3,5,7,12,17H,4,6,8-11,19H2,1H3;2*1H2. The molecule has 0 radical (unpaired) electrons. The highest BCUT2D eigenvalue weighted by molar-refractivity contribution is 8.00. The van der Waals surface area contributed by atoms with E-state index in [1.165, 1.54) is 30.6 Å². The van der Waals surface area contributed by atoms with Crippen molar-refractivity contribution in [2.75, 3.05) is 32.8 Å². The molecule has 306 valence electrons. The van der Waals surface area contributed by atoms with Crippen LogP contribution in [0.1, 0.15) is 72.9 Å². The van der Waals surface area contributed by atoms with Gasteiger partial charge < -0.3 is 35.3 Å². The lowest BCUT2D eigenvalue weighted by Crippen LogP contribution is -2.37. The fourth-order valence-corrected chi connectivity index (χ4v) is 8.18. The van der Waals surface area contributed by atoms with Crippen molar-refractivity contribution >= 4 is 69.6 Å². The molecule has 16 heteroatoms. The van der Waals surface area contributed by atoms with E-state index in [0.717, 1.165) is 5.56 Å². The van der Waals surface area contributed by atoms with Crippen LogP contribution >= 0.6 is 23.5 Å². The van der Waals surface area contributed by atoms with Crippen LogP contribution in [-0.4, -0.2) is 89.4 Å². The van der Waals surface area contributed by atoms with Crippen molar-refractivity contribution in [3.8, 4) is 5.75 Å². The second-order valence-corrected chi connectivity index (χ2v) is 15.0. The van der Waals surface area contributed by atoms with E-state index in [4.69, 9.17) is 24.4 Å². The average molecular weight is 818 g/mol. The summed E-state index contributed by atoms with van der Waals surface area (Å²) in [4.78, 5) is 84.4. The highest BCUT2D eigenvalue weighted by atomic mass is 32.2. The molecule has 4 atom stereocenters. The predicted octanol–water partition coefficient (Wildman–Crippen LogP) is 3.66. The molecule has 14 nitrogen and oxygen atoms in total. The Balaban J connectivity index is 0.000000382. The molecular formula is C40H51NO13S2. The Morgan fingerprint density at radius 3 is 1.91 bits per heavy atom. The fourth-order valence-electron chi connectivity index (χ4n) is 6.57. The van der Waals surface area contributed by atoms with Crippen LogP contribution < -0.4 is 16.1 Å². The van der Waals surface area contributed by atoms with Crippen LogP contribution in [0.3, 0.4) is 0 Å². The molecule has 0 spiro atoms. The third-order valence-electron chi connectivity index (χ3n) is 9.55. The highest BCUT2D eigenvalue weighted by Gasteiger charge is 2.37. The largest absolute Gasteiger partial charge is 0.497 e. The second kappa shape index (κ2) is 23.7. The summed E-state index contributed by atoms with van der Waals surface area (Å²) in [5.41, 5.74) is 6.88. The molecule has 1 heterocycles. The van der Waals surface area contributed by atoms with Gasteiger partial charge in [0.2, 0.25) is 0 Å². The van der Waals surface area contributed by atoms with Crippen molar-refractivity contribution in [2.45, 2.75) is 74.8 Å². The number of esters is 2. The molecule has 3 aromatic rings. The molecule has 0 bridgehead atoms. The first-order valence-corrected chi connectivity index (χ1v) is 20.5. The van der Waals surface area contributed by atoms with E-state index in [-0.39, 0.29) is 83.6 Å². The number of thioether (sulfide) groups is 2. The third kappa shape index (κ3) is 12.8. The number of hydrogen-bond donors (Lipinski definition) is 1. The molecule has 2 aliphatic rings. The molecule has 0 aliphatic heterocycles. The van der Waals surface area contributed by atoms with Crippen LogP contribution in [-0.2, 0) is 46.4 Å². The zero-order chi connectivity index (χ0) is 39.2. The molecule has 6 N–H and O–H groups in total. The van der Waals surface area contributed by atoms with Crippen molar-refractivity contribution in [3.05, 3.63) is 75.6 Å². The van der Waals surface area contributed by atoms with Crippen LogP contribution in [0, 0.1) is 11.8 Å². The molecule has 0 amide bonds. The summed E-state index contributed by atoms with van der Waals surface area (Å²) in [5, 5.41) is -0.381. The van der Waals surface area contributed by atoms with E-state index < -0.39 is 22.1 Å². The van der Waals surface area contributed by atoms with Crippen LogP contribution in [0.5, 0.6) is 5.75 Å². The Bertz CT molecular complexity index is 1900. The van der Waals surface area contributed by atoms with E-state index in [9.17, 15) is 33.6 Å². The van der Waals surface area contributed by atoms with Crippen molar-refractivity contribution in [1.29, 1.82) is 0 Å². The van der Waals surface area contributed by atoms with Gasteiger partial charge in [0.05, 0.1) is 32.3 Å². The van der Waals surface area contributed by atoms with Crippen LogP contribution in [0.2, 0.25) is 0 Å². The smallest absolute Gasteiger partial charge is 0.340 e. The minimum absolute atomic E-state index is 0. The van der Waals surface area contributed by atoms with Gasteiger partial charge in [-0.05, 0) is 80.9 Å². The van der Waals surface area contributed by atoms with Crippen molar-refractivity contribution in [3.63, 3.8) is 0 Å². The first-order valence-electron chi connectivity index (χ1n) is 17.9. The van der Waals surface area contributed by atoms with Gasteiger partial charge in [0.15, 0.2) is 23.1 Å². The van der Waals surface area contributed by atoms with E-state index in [1.54, 1.807) is 55.0 Å². The number of fused-ring (bicyclic) bond motifs is 1. The van der Waals surface area contributed by atoms with E-state index in [2.05, 4.69) is 0 Å². The normalized spacial score (nSPS) is 19.2. The summed E-state index contributed by atoms with van der Waals surface area (Å²) < 4.78 is 20.9. The van der Waals surface area contributed by atoms with Gasteiger partial charge in [0, 0.05) is 48.2 Å². The zero-order valence-corrected chi connectivity index (χ0v) is 33.4. The van der Waals surface area contributed by atoms with Gasteiger partial charge in [-0.15, -0.1) is 23.5 Å². The van der Waals surface area contributed by atoms with Gasteiger partial charge in [-0.1, -0.05) is 18.2 Å². The summed E-state index contributed by atoms with van der Waals surface area (Å²) in [6.07, 6.45) is 7.80. The third-order valence-corrected chi connectivity index (χ3v) is 11.5. The van der Waals surface area contributed by atoms with Crippen LogP contribution in [0.25, 0.3) is 11.0 Å². The van der Waals surface area contributed by atoms with Gasteiger partial charge in [0.25, 0.3) is 0 Å². The minimum Gasteiger partial charge on any atom is -0.497 e.